The van der Waals surface area contributed by atoms with Crippen molar-refractivity contribution in [3.63, 3.8) is 0 Å². The second-order valence-electron chi connectivity index (χ2n) is 8.72. The number of benzene rings is 2. The molecule has 0 saturated carbocycles. The maximum absolute atomic E-state index is 11.7. The number of nitrogens with one attached hydrogen (secondary N) is 2. The van der Waals surface area contributed by atoms with Crippen molar-refractivity contribution in [2.45, 2.75) is 19.8 Å². The number of aromatic nitrogens is 2. The molecule has 38 heavy (non-hydrogen) atoms. The number of esters is 1. The molecule has 0 unspecified atom stereocenters. The van der Waals surface area contributed by atoms with Crippen LogP contribution in [0.5, 0.6) is 0 Å². The molecule has 3 N–H and O–H groups in total. The quantitative estimate of drug-likeness (QED) is 0.182. The van der Waals surface area contributed by atoms with Gasteiger partial charge in [0.15, 0.2) is 0 Å². The van der Waals surface area contributed by atoms with Crippen molar-refractivity contribution in [2.75, 3.05) is 6.61 Å². The van der Waals surface area contributed by atoms with Crippen LogP contribution in [0.25, 0.3) is 20.4 Å². The molecule has 0 saturated heterocycles. The molecule has 2 aromatic carbocycles. The molecule has 0 amide bonds. The highest BCUT2D eigenvalue weighted by Gasteiger charge is 2.14. The third-order valence-electron chi connectivity index (χ3n) is 6.09. The molecule has 6 aromatic rings. The Balaban J connectivity index is 0.000000156. The Morgan fingerprint density at radius 2 is 1.24 bits per heavy atom. The van der Waals surface area contributed by atoms with Gasteiger partial charge < -0.3 is 19.8 Å². The highest BCUT2D eigenvalue weighted by molar-refractivity contribution is 7.17. The van der Waals surface area contributed by atoms with E-state index in [0.29, 0.717) is 12.3 Å². The van der Waals surface area contributed by atoms with Crippen LogP contribution >= 0.6 is 22.7 Å². The van der Waals surface area contributed by atoms with Crippen molar-refractivity contribution in [1.82, 2.24) is 9.97 Å². The van der Waals surface area contributed by atoms with E-state index in [2.05, 4.69) is 45.0 Å². The third-order valence-corrected chi connectivity index (χ3v) is 8.01. The van der Waals surface area contributed by atoms with Crippen molar-refractivity contribution in [3.8, 4) is 0 Å². The van der Waals surface area contributed by atoms with E-state index in [1.54, 1.807) is 28.7 Å². The summed E-state index contributed by atoms with van der Waals surface area (Å²) in [6.45, 7) is 2.20. The van der Waals surface area contributed by atoms with Gasteiger partial charge in [0.05, 0.1) is 6.61 Å². The molecule has 0 radical (unpaired) electrons. The number of fused-ring (bicyclic) bond motifs is 2. The summed E-state index contributed by atoms with van der Waals surface area (Å²) in [5, 5.41) is 15.3. The molecule has 8 heteroatoms. The lowest BCUT2D eigenvalue weighted by atomic mass is 10.1. The van der Waals surface area contributed by atoms with Crippen LogP contribution in [-0.2, 0) is 17.6 Å². The van der Waals surface area contributed by atoms with E-state index >= 15 is 0 Å². The lowest BCUT2D eigenvalue weighted by Crippen LogP contribution is -2.04. The normalized spacial score (nSPS) is 10.9. The van der Waals surface area contributed by atoms with Crippen LogP contribution in [0, 0.1) is 0 Å². The maximum Gasteiger partial charge on any atom is 0.354 e. The number of carboxylic acids is 1. The Labute approximate surface area is 227 Å². The van der Waals surface area contributed by atoms with Crippen LogP contribution in [-0.4, -0.2) is 33.6 Å². The van der Waals surface area contributed by atoms with E-state index in [1.807, 2.05) is 49.4 Å². The van der Waals surface area contributed by atoms with Gasteiger partial charge in [0.2, 0.25) is 0 Å². The number of hydrogen-bond donors (Lipinski definition) is 3. The maximum atomic E-state index is 11.7. The highest BCUT2D eigenvalue weighted by atomic mass is 32.1. The molecule has 0 atom stereocenters. The highest BCUT2D eigenvalue weighted by Crippen LogP contribution is 2.29. The van der Waals surface area contributed by atoms with Crippen molar-refractivity contribution in [3.05, 3.63) is 117 Å². The molecule has 0 aliphatic rings. The molecule has 0 spiro atoms. The number of carboxylic acid groups (broad SMARTS) is 1. The Bertz CT molecular complexity index is 1680. The minimum absolute atomic E-state index is 0.256. The molecule has 192 valence electrons. The molecule has 4 aromatic heterocycles. The molecule has 6 nitrogen and oxygen atoms in total. The third kappa shape index (κ3) is 5.72. The van der Waals surface area contributed by atoms with Crippen LogP contribution in [0.4, 0.5) is 0 Å². The number of aromatic amines is 2. The summed E-state index contributed by atoms with van der Waals surface area (Å²) in [6.07, 6.45) is 1.71. The summed E-state index contributed by atoms with van der Waals surface area (Å²) in [6, 6.07) is 24.1. The second-order valence-corrected chi connectivity index (χ2v) is 10.5. The van der Waals surface area contributed by atoms with E-state index < -0.39 is 5.97 Å². The lowest BCUT2D eigenvalue weighted by molar-refractivity contribution is 0.0520. The van der Waals surface area contributed by atoms with Crippen LogP contribution in [0.1, 0.15) is 50.2 Å². The minimum Gasteiger partial charge on any atom is -0.477 e. The van der Waals surface area contributed by atoms with E-state index in [4.69, 9.17) is 9.84 Å². The summed E-state index contributed by atoms with van der Waals surface area (Å²) in [7, 11) is 0. The van der Waals surface area contributed by atoms with Crippen LogP contribution in [0.2, 0.25) is 0 Å². The largest absolute Gasteiger partial charge is 0.477 e. The zero-order chi connectivity index (χ0) is 26.5. The second kappa shape index (κ2) is 11.5. The predicted octanol–water partition coefficient (Wildman–Crippen LogP) is 7.52. The van der Waals surface area contributed by atoms with Crippen LogP contribution in [0.3, 0.4) is 0 Å². The molecular weight excluding hydrogens is 516 g/mol. The zero-order valence-corrected chi connectivity index (χ0v) is 22.3. The van der Waals surface area contributed by atoms with Gasteiger partial charge in [0.1, 0.15) is 21.0 Å². The van der Waals surface area contributed by atoms with Crippen LogP contribution < -0.4 is 0 Å². The van der Waals surface area contributed by atoms with Gasteiger partial charge in [-0.05, 0) is 64.9 Å². The van der Waals surface area contributed by atoms with Gasteiger partial charge in [0, 0.05) is 10.8 Å². The smallest absolute Gasteiger partial charge is 0.354 e. The predicted molar refractivity (Wildman–Crippen MR) is 154 cm³/mol. The topological polar surface area (TPSA) is 95.2 Å². The Kier molecular flexibility index (Phi) is 7.72. The number of H-pyrrole nitrogens is 2. The number of carbonyl (C=O) groups is 2. The Morgan fingerprint density at radius 1 is 0.763 bits per heavy atom. The van der Waals surface area contributed by atoms with Gasteiger partial charge in [-0.25, -0.2) is 9.59 Å². The van der Waals surface area contributed by atoms with E-state index in [1.165, 1.54) is 22.3 Å². The van der Waals surface area contributed by atoms with Gasteiger partial charge in [-0.1, -0.05) is 60.7 Å². The summed E-state index contributed by atoms with van der Waals surface area (Å²) in [5.74, 6) is -1.20. The average molecular weight is 543 g/mol. The molecule has 0 aliphatic carbocycles. The summed E-state index contributed by atoms with van der Waals surface area (Å²) in [4.78, 5) is 30.7. The number of hydrogen-bond acceptors (Lipinski definition) is 5. The van der Waals surface area contributed by atoms with Gasteiger partial charge >= 0.3 is 11.9 Å². The Hall–Kier alpha value is -4.14. The molecule has 0 aliphatic heterocycles. The van der Waals surface area contributed by atoms with Crippen molar-refractivity contribution < 1.29 is 19.4 Å². The summed E-state index contributed by atoms with van der Waals surface area (Å²) < 4.78 is 5.02. The summed E-state index contributed by atoms with van der Waals surface area (Å²) in [5.41, 5.74) is 5.70. The van der Waals surface area contributed by atoms with Crippen LogP contribution in [0.15, 0.2) is 83.6 Å². The lowest BCUT2D eigenvalue weighted by Gasteiger charge is -1.99. The molecule has 0 bridgehead atoms. The number of rotatable bonds is 7. The Morgan fingerprint density at radius 3 is 1.71 bits per heavy atom. The van der Waals surface area contributed by atoms with E-state index in [0.717, 1.165) is 33.3 Å². The number of ether oxygens (including phenoxy) is 1. The van der Waals surface area contributed by atoms with Gasteiger partial charge in [-0.15, -0.1) is 22.7 Å². The first kappa shape index (κ1) is 25.5. The van der Waals surface area contributed by atoms with Gasteiger partial charge in [-0.3, -0.25) is 0 Å². The van der Waals surface area contributed by atoms with Gasteiger partial charge in [-0.2, -0.15) is 0 Å². The fourth-order valence-corrected chi connectivity index (χ4v) is 6.17. The zero-order valence-electron chi connectivity index (χ0n) is 20.7. The fourth-order valence-electron chi connectivity index (χ4n) is 4.26. The number of thiophene rings is 2. The first-order chi connectivity index (χ1) is 18.5. The standard InChI is InChI=1S/C16H15NO2S.C14H11NO2S/c1-2-19-16(18)14-9-13-12(10-20-15(13)17-14)8-11-6-4-3-5-7-11;16-14(17)12-7-11-10(8-18-13(11)15-12)6-9-4-2-1-3-5-9/h3-7,9-10,17H,2,8H2,1H3;1-5,7-8,15H,6H2,(H,16,17). The number of carbonyl (C=O) groups excluding carboxylic acids is 1. The first-order valence-corrected chi connectivity index (χ1v) is 13.9. The first-order valence-electron chi connectivity index (χ1n) is 12.2. The SMILES string of the molecule is CCOC(=O)c1cc2c(Cc3ccccc3)csc2[nH]1.O=C(O)c1cc2c(Cc3ccccc3)csc2[nH]1. The molecule has 6 rings (SSSR count). The fraction of sp³-hybridized carbons (Fsp3) is 0.133. The van der Waals surface area contributed by atoms with E-state index in [9.17, 15) is 9.59 Å². The average Bonchev–Trinajstić information content (AvgIpc) is 3.69. The monoisotopic (exact) mass is 542 g/mol. The number of aromatic carboxylic acids is 1. The molecule has 4 heterocycles. The van der Waals surface area contributed by atoms with Crippen molar-refractivity contribution in [2.24, 2.45) is 0 Å². The molecular formula is C30H26N2O4S2. The summed E-state index contributed by atoms with van der Waals surface area (Å²) >= 11 is 3.18. The van der Waals surface area contributed by atoms with Gasteiger partial charge in [0.25, 0.3) is 0 Å². The molecule has 0 fully saturated rings. The van der Waals surface area contributed by atoms with Crippen molar-refractivity contribution >= 4 is 55.0 Å². The van der Waals surface area contributed by atoms with Crippen molar-refractivity contribution in [1.29, 1.82) is 0 Å². The minimum atomic E-state index is -0.913. The van der Waals surface area contributed by atoms with E-state index in [-0.39, 0.29) is 11.7 Å².